The molecule has 0 bridgehead atoms. The van der Waals surface area contributed by atoms with Crippen molar-refractivity contribution in [1.29, 1.82) is 0 Å². The fourth-order valence-electron chi connectivity index (χ4n) is 3.98. The van der Waals surface area contributed by atoms with Crippen molar-refractivity contribution in [2.75, 3.05) is 18.0 Å². The Morgan fingerprint density at radius 1 is 1.03 bits per heavy atom. The second kappa shape index (κ2) is 7.78. The number of nitrogens with zero attached hydrogens (tertiary/aromatic N) is 3. The van der Waals surface area contributed by atoms with Crippen LogP contribution in [0.5, 0.6) is 0 Å². The number of carbonyl (C=O) groups excluding carboxylic acids is 1. The molecule has 0 atom stereocenters. The molecule has 0 unspecified atom stereocenters. The maximum atomic E-state index is 12.9. The van der Waals surface area contributed by atoms with Crippen LogP contribution in [0.2, 0.25) is 0 Å². The van der Waals surface area contributed by atoms with Crippen LogP contribution in [0.15, 0.2) is 52.9 Å². The highest BCUT2D eigenvalue weighted by molar-refractivity contribution is 6.07. The minimum atomic E-state index is -0.276. The van der Waals surface area contributed by atoms with Crippen molar-refractivity contribution in [3.63, 3.8) is 0 Å². The molecular formula is C24H24N4O2. The first kappa shape index (κ1) is 18.6. The van der Waals surface area contributed by atoms with E-state index in [4.69, 9.17) is 4.42 Å². The molecule has 0 aliphatic carbocycles. The van der Waals surface area contributed by atoms with Crippen molar-refractivity contribution in [2.24, 2.45) is 0 Å². The number of amides is 1. The smallest absolute Gasteiger partial charge is 0.289 e. The van der Waals surface area contributed by atoms with Crippen molar-refractivity contribution < 1.29 is 9.21 Å². The number of rotatable bonds is 5. The molecule has 3 heterocycles. The maximum absolute atomic E-state index is 12.9. The molecule has 152 valence electrons. The molecule has 1 saturated heterocycles. The summed E-state index contributed by atoms with van der Waals surface area (Å²) < 4.78 is 6.08. The number of carbonyl (C=O) groups is 1. The molecule has 6 nitrogen and oxygen atoms in total. The number of benzene rings is 2. The lowest BCUT2D eigenvalue weighted by atomic mass is 10.1. The van der Waals surface area contributed by atoms with E-state index in [1.807, 2.05) is 36.4 Å². The number of fused-ring (bicyclic) bond motifs is 3. The highest BCUT2D eigenvalue weighted by Gasteiger charge is 2.24. The number of aromatic nitrogens is 2. The normalized spacial score (nSPS) is 14.0. The predicted molar refractivity (Wildman–Crippen MR) is 118 cm³/mol. The van der Waals surface area contributed by atoms with Gasteiger partial charge in [0.15, 0.2) is 11.4 Å². The van der Waals surface area contributed by atoms with E-state index in [-0.39, 0.29) is 11.7 Å². The first-order chi connectivity index (χ1) is 14.7. The Labute approximate surface area is 174 Å². The Balaban J connectivity index is 1.49. The minimum absolute atomic E-state index is 0.182. The van der Waals surface area contributed by atoms with Crippen LogP contribution in [0, 0.1) is 0 Å². The average Bonchev–Trinajstić information content (AvgIpc) is 3.45. The van der Waals surface area contributed by atoms with E-state index >= 15 is 0 Å². The van der Waals surface area contributed by atoms with Gasteiger partial charge in [0, 0.05) is 25.0 Å². The fourth-order valence-corrected chi connectivity index (χ4v) is 3.98. The van der Waals surface area contributed by atoms with Crippen LogP contribution in [0.3, 0.4) is 0 Å². The number of anilines is 1. The van der Waals surface area contributed by atoms with Gasteiger partial charge in [0.2, 0.25) is 5.82 Å². The van der Waals surface area contributed by atoms with Gasteiger partial charge in [-0.3, -0.25) is 4.79 Å². The van der Waals surface area contributed by atoms with Crippen LogP contribution < -0.4 is 10.2 Å². The van der Waals surface area contributed by atoms with Crippen molar-refractivity contribution in [1.82, 2.24) is 15.3 Å². The molecule has 0 spiro atoms. The van der Waals surface area contributed by atoms with Gasteiger partial charge in [-0.15, -0.1) is 0 Å². The van der Waals surface area contributed by atoms with E-state index in [1.165, 1.54) is 5.56 Å². The second-order valence-electron chi connectivity index (χ2n) is 7.69. The summed E-state index contributed by atoms with van der Waals surface area (Å²) in [6, 6.07) is 16.0. The van der Waals surface area contributed by atoms with Gasteiger partial charge >= 0.3 is 0 Å². The second-order valence-corrected chi connectivity index (χ2v) is 7.69. The van der Waals surface area contributed by atoms with Gasteiger partial charge in [-0.2, -0.15) is 0 Å². The van der Waals surface area contributed by atoms with Crippen molar-refractivity contribution in [2.45, 2.75) is 32.7 Å². The molecule has 2 aromatic carbocycles. The lowest BCUT2D eigenvalue weighted by molar-refractivity contribution is 0.0941. The summed E-state index contributed by atoms with van der Waals surface area (Å²) in [7, 11) is 0. The lowest BCUT2D eigenvalue weighted by Crippen LogP contribution is -2.27. The molecule has 1 amide bonds. The number of para-hydroxylation sites is 1. The summed E-state index contributed by atoms with van der Waals surface area (Å²) in [6.45, 7) is 4.39. The van der Waals surface area contributed by atoms with Crippen LogP contribution in [-0.4, -0.2) is 29.0 Å². The molecule has 1 aliphatic rings. The summed E-state index contributed by atoms with van der Waals surface area (Å²) in [5.74, 6) is 0.620. The third-order valence-corrected chi connectivity index (χ3v) is 5.69. The topological polar surface area (TPSA) is 71.3 Å². The van der Waals surface area contributed by atoms with Crippen LogP contribution in [0.4, 0.5) is 5.82 Å². The zero-order chi connectivity index (χ0) is 20.5. The van der Waals surface area contributed by atoms with Crippen molar-refractivity contribution in [3.8, 4) is 0 Å². The Kier molecular flexibility index (Phi) is 4.83. The lowest BCUT2D eigenvalue weighted by Gasteiger charge is -2.17. The molecule has 2 aromatic heterocycles. The van der Waals surface area contributed by atoms with Crippen LogP contribution in [-0.2, 0) is 13.0 Å². The summed E-state index contributed by atoms with van der Waals surface area (Å²) in [6.07, 6.45) is 3.22. The van der Waals surface area contributed by atoms with E-state index in [2.05, 4.69) is 39.2 Å². The van der Waals surface area contributed by atoms with E-state index in [1.54, 1.807) is 0 Å². The molecule has 1 fully saturated rings. The number of hydrogen-bond acceptors (Lipinski definition) is 5. The Morgan fingerprint density at radius 3 is 2.53 bits per heavy atom. The monoisotopic (exact) mass is 400 g/mol. The molecule has 4 aromatic rings. The highest BCUT2D eigenvalue weighted by atomic mass is 16.3. The number of furan rings is 1. The maximum Gasteiger partial charge on any atom is 0.289 e. The fraction of sp³-hybridized carbons (Fsp3) is 0.292. The van der Waals surface area contributed by atoms with Crippen LogP contribution in [0.25, 0.3) is 22.1 Å². The largest absolute Gasteiger partial charge is 0.450 e. The zero-order valence-corrected chi connectivity index (χ0v) is 17.0. The summed E-state index contributed by atoms with van der Waals surface area (Å²) in [4.78, 5) is 24.3. The van der Waals surface area contributed by atoms with Gasteiger partial charge in [-0.25, -0.2) is 9.97 Å². The molecule has 30 heavy (non-hydrogen) atoms. The van der Waals surface area contributed by atoms with Crippen molar-refractivity contribution in [3.05, 3.63) is 65.5 Å². The average molecular weight is 400 g/mol. The Morgan fingerprint density at radius 2 is 1.77 bits per heavy atom. The summed E-state index contributed by atoms with van der Waals surface area (Å²) >= 11 is 0. The van der Waals surface area contributed by atoms with Gasteiger partial charge in [-0.1, -0.05) is 43.3 Å². The first-order valence-corrected chi connectivity index (χ1v) is 10.5. The predicted octanol–water partition coefficient (Wildman–Crippen LogP) is 4.47. The third kappa shape index (κ3) is 3.38. The van der Waals surface area contributed by atoms with Crippen LogP contribution in [0.1, 0.15) is 41.5 Å². The number of aryl methyl sites for hydroxylation is 1. The van der Waals surface area contributed by atoms with Gasteiger partial charge in [0.25, 0.3) is 5.91 Å². The van der Waals surface area contributed by atoms with E-state index in [0.29, 0.717) is 23.5 Å². The Bertz CT molecular complexity index is 1210. The molecular weight excluding hydrogens is 376 g/mol. The molecule has 1 aliphatic heterocycles. The standard InChI is InChI=1S/C24H24N4O2/c1-2-16-9-11-17(12-10-16)15-25-24(29)22-26-20-18-7-3-4-8-19(18)30-21(20)23(27-22)28-13-5-6-14-28/h3-4,7-12H,2,5-6,13-15H2,1H3,(H,25,29). The summed E-state index contributed by atoms with van der Waals surface area (Å²) in [5, 5.41) is 3.86. The van der Waals surface area contributed by atoms with Gasteiger partial charge in [0.1, 0.15) is 11.1 Å². The molecule has 0 saturated carbocycles. The quantitative estimate of drug-likeness (QED) is 0.535. The highest BCUT2D eigenvalue weighted by Crippen LogP contribution is 2.34. The van der Waals surface area contributed by atoms with Crippen LogP contribution >= 0.6 is 0 Å². The SMILES string of the molecule is CCc1ccc(CNC(=O)c2nc(N3CCCC3)c3oc4ccccc4c3n2)cc1. The molecule has 1 N–H and O–H groups in total. The Hall–Kier alpha value is -3.41. The van der Waals surface area contributed by atoms with E-state index in [9.17, 15) is 4.79 Å². The number of hydrogen-bond donors (Lipinski definition) is 1. The zero-order valence-electron chi connectivity index (χ0n) is 17.0. The number of nitrogens with one attached hydrogen (secondary N) is 1. The summed E-state index contributed by atoms with van der Waals surface area (Å²) in [5.41, 5.74) is 4.44. The van der Waals surface area contributed by atoms with Gasteiger partial charge < -0.3 is 14.6 Å². The minimum Gasteiger partial charge on any atom is -0.450 e. The van der Waals surface area contributed by atoms with Gasteiger partial charge in [0.05, 0.1) is 0 Å². The third-order valence-electron chi connectivity index (χ3n) is 5.69. The first-order valence-electron chi connectivity index (χ1n) is 10.5. The molecule has 0 radical (unpaired) electrons. The van der Waals surface area contributed by atoms with Gasteiger partial charge in [-0.05, 0) is 42.5 Å². The molecule has 6 heteroatoms. The van der Waals surface area contributed by atoms with Crippen molar-refractivity contribution >= 4 is 33.8 Å². The van der Waals surface area contributed by atoms with E-state index < -0.39 is 0 Å². The van der Waals surface area contributed by atoms with E-state index in [0.717, 1.165) is 48.9 Å². The molecule has 5 rings (SSSR count).